The highest BCUT2D eigenvalue weighted by atomic mass is 19.1. The number of pyridine rings is 2. The monoisotopic (exact) mass is 419 g/mol. The van der Waals surface area contributed by atoms with Gasteiger partial charge in [-0.05, 0) is 24.3 Å². The molecule has 5 rings (SSSR count). The van der Waals surface area contributed by atoms with Crippen LogP contribution in [0.25, 0.3) is 16.8 Å². The standard InChI is InChI=1S/C21H18FN7O2/c22-15-1-2-17(25-9-15)19(30)12-31-20-5-13(11-29-21(20)14(7-23)8-26-29)18-6-16-10-24-3-4-28(16)27-18/h1-2,5-6,8-9,11,19,24,30H,3-4,10,12H2. The van der Waals surface area contributed by atoms with E-state index < -0.39 is 11.9 Å². The Hall–Kier alpha value is -3.81. The largest absolute Gasteiger partial charge is 0.488 e. The quantitative estimate of drug-likeness (QED) is 0.507. The summed E-state index contributed by atoms with van der Waals surface area (Å²) in [6, 6.07) is 8.52. The molecule has 0 radical (unpaired) electrons. The van der Waals surface area contributed by atoms with Crippen molar-refractivity contribution in [1.29, 1.82) is 5.26 Å². The van der Waals surface area contributed by atoms with Gasteiger partial charge >= 0.3 is 0 Å². The number of halogens is 1. The first-order valence-electron chi connectivity index (χ1n) is 9.74. The van der Waals surface area contributed by atoms with E-state index in [1.54, 1.807) is 16.8 Å². The number of ether oxygens (including phenoxy) is 1. The second-order valence-corrected chi connectivity index (χ2v) is 7.21. The van der Waals surface area contributed by atoms with Crippen molar-refractivity contribution in [2.45, 2.75) is 19.2 Å². The molecule has 0 aromatic carbocycles. The van der Waals surface area contributed by atoms with Crippen LogP contribution >= 0.6 is 0 Å². The summed E-state index contributed by atoms with van der Waals surface area (Å²) in [6.07, 6.45) is 3.23. The molecule has 0 aliphatic carbocycles. The van der Waals surface area contributed by atoms with E-state index >= 15 is 0 Å². The van der Waals surface area contributed by atoms with Gasteiger partial charge in [0.2, 0.25) is 0 Å². The van der Waals surface area contributed by atoms with Gasteiger partial charge in [0.05, 0.1) is 36.0 Å². The Kier molecular flexibility index (Phi) is 4.82. The van der Waals surface area contributed by atoms with Gasteiger partial charge < -0.3 is 15.2 Å². The lowest BCUT2D eigenvalue weighted by Gasteiger charge is -2.14. The van der Waals surface area contributed by atoms with Gasteiger partial charge in [-0.25, -0.2) is 8.91 Å². The fourth-order valence-corrected chi connectivity index (χ4v) is 3.59. The van der Waals surface area contributed by atoms with Crippen molar-refractivity contribution >= 4 is 5.52 Å². The Morgan fingerprint density at radius 2 is 2.23 bits per heavy atom. The van der Waals surface area contributed by atoms with Gasteiger partial charge in [0, 0.05) is 24.8 Å². The third-order valence-electron chi connectivity index (χ3n) is 5.15. The number of rotatable bonds is 5. The molecule has 4 aromatic heterocycles. The zero-order valence-electron chi connectivity index (χ0n) is 16.4. The predicted molar refractivity (Wildman–Crippen MR) is 107 cm³/mol. The number of nitriles is 1. The van der Waals surface area contributed by atoms with Crippen molar-refractivity contribution in [3.63, 3.8) is 0 Å². The SMILES string of the molecule is N#Cc1cnn2cc(-c3cc4n(n3)CCNC4)cc(OCC(O)c3ccc(F)cn3)c12. The molecule has 4 aromatic rings. The van der Waals surface area contributed by atoms with Gasteiger partial charge in [-0.3, -0.25) is 9.67 Å². The number of aliphatic hydroxyl groups excluding tert-OH is 1. The summed E-state index contributed by atoms with van der Waals surface area (Å²) in [5, 5.41) is 32.1. The van der Waals surface area contributed by atoms with Gasteiger partial charge in [0.15, 0.2) is 0 Å². The van der Waals surface area contributed by atoms with Crippen LogP contribution in [-0.4, -0.2) is 42.6 Å². The number of nitrogens with zero attached hydrogens (tertiary/aromatic N) is 6. The van der Waals surface area contributed by atoms with Crippen LogP contribution in [0.3, 0.4) is 0 Å². The van der Waals surface area contributed by atoms with E-state index in [4.69, 9.17) is 4.74 Å². The van der Waals surface area contributed by atoms with Gasteiger partial charge in [-0.1, -0.05) is 0 Å². The van der Waals surface area contributed by atoms with Crippen molar-refractivity contribution in [3.05, 3.63) is 65.6 Å². The Bertz CT molecular complexity index is 1270. The lowest BCUT2D eigenvalue weighted by molar-refractivity contribution is 0.105. The van der Waals surface area contributed by atoms with Crippen LogP contribution in [0.1, 0.15) is 23.1 Å². The zero-order chi connectivity index (χ0) is 21.4. The van der Waals surface area contributed by atoms with Crippen molar-refractivity contribution in [1.82, 2.24) is 29.7 Å². The van der Waals surface area contributed by atoms with Gasteiger partial charge in [-0.15, -0.1) is 0 Å². The Balaban J connectivity index is 1.49. The average Bonchev–Trinajstić information content (AvgIpc) is 3.41. The van der Waals surface area contributed by atoms with Crippen molar-refractivity contribution < 1.29 is 14.2 Å². The molecule has 0 fully saturated rings. The van der Waals surface area contributed by atoms with Crippen LogP contribution in [-0.2, 0) is 13.1 Å². The number of fused-ring (bicyclic) bond motifs is 2. The van der Waals surface area contributed by atoms with Gasteiger partial charge in [0.25, 0.3) is 0 Å². The van der Waals surface area contributed by atoms with Crippen molar-refractivity contribution in [2.75, 3.05) is 13.2 Å². The highest BCUT2D eigenvalue weighted by molar-refractivity contribution is 5.74. The second kappa shape index (κ2) is 7.79. The van der Waals surface area contributed by atoms with E-state index in [0.29, 0.717) is 16.8 Å². The van der Waals surface area contributed by atoms with Crippen LogP contribution in [0.2, 0.25) is 0 Å². The molecule has 0 bridgehead atoms. The van der Waals surface area contributed by atoms with Crippen molar-refractivity contribution in [2.24, 2.45) is 0 Å². The number of nitrogens with one attached hydrogen (secondary N) is 1. The minimum absolute atomic E-state index is 0.128. The number of hydrogen-bond acceptors (Lipinski definition) is 7. The smallest absolute Gasteiger partial charge is 0.147 e. The third-order valence-corrected chi connectivity index (χ3v) is 5.15. The van der Waals surface area contributed by atoms with Crippen LogP contribution < -0.4 is 10.1 Å². The first kappa shape index (κ1) is 19.2. The van der Waals surface area contributed by atoms with Crippen LogP contribution in [0.15, 0.2) is 42.9 Å². The molecule has 0 saturated carbocycles. The minimum Gasteiger partial charge on any atom is -0.488 e. The van der Waals surface area contributed by atoms with E-state index in [1.165, 1.54) is 18.3 Å². The predicted octanol–water partition coefficient (Wildman–Crippen LogP) is 1.82. The lowest BCUT2D eigenvalue weighted by Crippen LogP contribution is -2.28. The van der Waals surface area contributed by atoms with E-state index in [1.807, 2.05) is 10.7 Å². The molecule has 2 N–H and O–H groups in total. The molecule has 1 aliphatic rings. The fraction of sp³-hybridized carbons (Fsp3) is 0.238. The highest BCUT2D eigenvalue weighted by Crippen LogP contribution is 2.31. The molecule has 1 aliphatic heterocycles. The summed E-state index contributed by atoms with van der Waals surface area (Å²) >= 11 is 0. The molecule has 1 atom stereocenters. The molecule has 5 heterocycles. The Labute approximate surface area is 176 Å². The summed E-state index contributed by atoms with van der Waals surface area (Å²) in [7, 11) is 0. The number of aromatic nitrogens is 5. The van der Waals surface area contributed by atoms with E-state index in [-0.39, 0.29) is 12.3 Å². The minimum atomic E-state index is -1.07. The number of hydrogen-bond donors (Lipinski definition) is 2. The maximum Gasteiger partial charge on any atom is 0.147 e. The zero-order valence-corrected chi connectivity index (χ0v) is 16.4. The topological polar surface area (TPSA) is 113 Å². The molecule has 0 spiro atoms. The van der Waals surface area contributed by atoms with E-state index in [0.717, 1.165) is 42.8 Å². The summed E-state index contributed by atoms with van der Waals surface area (Å²) in [6.45, 7) is 2.27. The molecule has 0 saturated heterocycles. The van der Waals surface area contributed by atoms with Crippen molar-refractivity contribution in [3.8, 4) is 23.1 Å². The molecule has 9 nitrogen and oxygen atoms in total. The summed E-state index contributed by atoms with van der Waals surface area (Å²) in [5.41, 5.74) is 3.75. The first-order valence-corrected chi connectivity index (χ1v) is 9.74. The molecular weight excluding hydrogens is 401 g/mol. The normalized spacial score (nSPS) is 14.2. The Morgan fingerprint density at radius 1 is 1.32 bits per heavy atom. The highest BCUT2D eigenvalue weighted by Gasteiger charge is 2.19. The van der Waals surface area contributed by atoms with Crippen LogP contribution in [0, 0.1) is 17.1 Å². The summed E-state index contributed by atoms with van der Waals surface area (Å²) < 4.78 is 22.5. The maximum absolute atomic E-state index is 13.1. The molecule has 10 heteroatoms. The average molecular weight is 419 g/mol. The Morgan fingerprint density at radius 3 is 3.00 bits per heavy atom. The van der Waals surface area contributed by atoms with Gasteiger partial charge in [0.1, 0.15) is 41.4 Å². The summed E-state index contributed by atoms with van der Waals surface area (Å²) in [4.78, 5) is 3.89. The lowest BCUT2D eigenvalue weighted by atomic mass is 10.1. The fourth-order valence-electron chi connectivity index (χ4n) is 3.59. The molecule has 156 valence electrons. The van der Waals surface area contributed by atoms with Crippen LogP contribution in [0.5, 0.6) is 5.75 Å². The molecule has 31 heavy (non-hydrogen) atoms. The molecular formula is C21H18FN7O2. The van der Waals surface area contributed by atoms with E-state index in [9.17, 15) is 14.8 Å². The maximum atomic E-state index is 13.1. The molecule has 1 unspecified atom stereocenters. The number of aliphatic hydroxyl groups is 1. The van der Waals surface area contributed by atoms with E-state index in [2.05, 4.69) is 26.6 Å². The third kappa shape index (κ3) is 3.61. The van der Waals surface area contributed by atoms with Crippen LogP contribution in [0.4, 0.5) is 4.39 Å². The first-order chi connectivity index (χ1) is 15.1. The summed E-state index contributed by atoms with van der Waals surface area (Å²) in [5.74, 6) is -0.0982. The van der Waals surface area contributed by atoms with Gasteiger partial charge in [-0.2, -0.15) is 15.5 Å². The molecule has 0 amide bonds. The second-order valence-electron chi connectivity index (χ2n) is 7.21.